The van der Waals surface area contributed by atoms with Crippen LogP contribution in [0.25, 0.3) is 10.9 Å². The minimum Gasteiger partial charge on any atom is -0.399 e. The van der Waals surface area contributed by atoms with Crippen LogP contribution in [-0.2, 0) is 25.3 Å². The molecule has 3 aliphatic rings. The molecule has 1 atom stereocenters. The van der Waals surface area contributed by atoms with Crippen LogP contribution in [0.1, 0.15) is 59.8 Å². The van der Waals surface area contributed by atoms with E-state index in [0.717, 1.165) is 55.2 Å². The smallest absolute Gasteiger partial charge is 0.399 e. The largest absolute Gasteiger partial charge is 0.494 e. The second-order valence-corrected chi connectivity index (χ2v) is 9.83. The van der Waals surface area contributed by atoms with E-state index in [1.807, 2.05) is 4.68 Å². The van der Waals surface area contributed by atoms with Gasteiger partial charge >= 0.3 is 7.12 Å². The maximum atomic E-state index is 6.32. The van der Waals surface area contributed by atoms with Gasteiger partial charge in [-0.2, -0.15) is 5.10 Å². The predicted molar refractivity (Wildman–Crippen MR) is 112 cm³/mol. The number of hydrogen-bond donors (Lipinski definition) is 0. The zero-order chi connectivity index (χ0) is 20.3. The van der Waals surface area contributed by atoms with E-state index < -0.39 is 0 Å². The highest BCUT2D eigenvalue weighted by atomic mass is 16.7. The third-order valence-electron chi connectivity index (χ3n) is 6.88. The number of rotatable bonds is 5. The van der Waals surface area contributed by atoms with Crippen LogP contribution in [0, 0.1) is 0 Å². The average molecular weight is 398 g/mol. The number of hydrogen-bond acceptors (Lipinski definition) is 5. The molecule has 1 aliphatic carbocycles. The molecule has 1 aromatic carbocycles. The summed E-state index contributed by atoms with van der Waals surface area (Å²) in [7, 11) is -0.352. The van der Waals surface area contributed by atoms with Crippen LogP contribution in [0.5, 0.6) is 0 Å². The molecule has 0 spiro atoms. The normalized spacial score (nSPS) is 27.4. The van der Waals surface area contributed by atoms with E-state index in [1.54, 1.807) is 0 Å². The molecule has 0 amide bonds. The van der Waals surface area contributed by atoms with Crippen LogP contribution in [0.3, 0.4) is 0 Å². The fourth-order valence-electron chi connectivity index (χ4n) is 4.13. The highest BCUT2D eigenvalue weighted by Crippen LogP contribution is 2.43. The molecule has 3 heterocycles. The third-order valence-corrected chi connectivity index (χ3v) is 6.88. The van der Waals surface area contributed by atoms with Gasteiger partial charge in [0.15, 0.2) is 6.29 Å². The van der Waals surface area contributed by atoms with Crippen LogP contribution < -0.4 is 5.46 Å². The molecule has 0 N–H and O–H groups in total. The fraction of sp³-hybridized carbons (Fsp3) is 0.682. The van der Waals surface area contributed by atoms with Crippen molar-refractivity contribution >= 4 is 23.5 Å². The molecule has 156 valence electrons. The number of ether oxygens (including phenoxy) is 2. The zero-order valence-corrected chi connectivity index (χ0v) is 17.9. The first-order valence-electron chi connectivity index (χ1n) is 10.9. The monoisotopic (exact) mass is 398 g/mol. The molecule has 2 aromatic rings. The molecule has 2 saturated heterocycles. The van der Waals surface area contributed by atoms with Gasteiger partial charge in [-0.1, -0.05) is 12.1 Å². The summed E-state index contributed by atoms with van der Waals surface area (Å²) in [6.45, 7) is 9.90. The van der Waals surface area contributed by atoms with E-state index in [1.165, 1.54) is 6.42 Å². The number of fused-ring (bicyclic) bond motifs is 1. The SMILES string of the molecule is CC1(C)OB(c2ccc3nn(CC4(OC5CCCCO5)CC4)cc3c2)OC1(C)C. The van der Waals surface area contributed by atoms with Gasteiger partial charge in [-0.3, -0.25) is 4.68 Å². The lowest BCUT2D eigenvalue weighted by atomic mass is 9.79. The van der Waals surface area contributed by atoms with Gasteiger partial charge in [0.2, 0.25) is 0 Å². The predicted octanol–water partition coefficient (Wildman–Crippen LogP) is 3.41. The third kappa shape index (κ3) is 3.74. The summed E-state index contributed by atoms with van der Waals surface area (Å²) >= 11 is 0. The van der Waals surface area contributed by atoms with Gasteiger partial charge in [0.25, 0.3) is 0 Å². The Kier molecular flexibility index (Phi) is 4.59. The summed E-state index contributed by atoms with van der Waals surface area (Å²) in [4.78, 5) is 0. The lowest BCUT2D eigenvalue weighted by Gasteiger charge is -2.32. The Morgan fingerprint density at radius 2 is 1.90 bits per heavy atom. The summed E-state index contributed by atoms with van der Waals surface area (Å²) in [5, 5.41) is 5.87. The van der Waals surface area contributed by atoms with Crippen LogP contribution >= 0.6 is 0 Å². The van der Waals surface area contributed by atoms with Crippen LogP contribution in [-0.4, -0.2) is 46.6 Å². The second-order valence-electron chi connectivity index (χ2n) is 9.83. The van der Waals surface area contributed by atoms with Crippen molar-refractivity contribution in [2.75, 3.05) is 6.61 Å². The van der Waals surface area contributed by atoms with Crippen molar-refractivity contribution in [2.24, 2.45) is 0 Å². The molecular weight excluding hydrogens is 367 g/mol. The molecule has 0 bridgehead atoms. The first kappa shape index (κ1) is 19.6. The van der Waals surface area contributed by atoms with Gasteiger partial charge in [-0.15, -0.1) is 0 Å². The van der Waals surface area contributed by atoms with E-state index in [-0.39, 0.29) is 30.2 Å². The van der Waals surface area contributed by atoms with E-state index in [2.05, 4.69) is 52.1 Å². The summed E-state index contributed by atoms with van der Waals surface area (Å²) in [6, 6.07) is 6.24. The molecule has 6 nitrogen and oxygen atoms in total. The summed E-state index contributed by atoms with van der Waals surface area (Å²) in [5.41, 5.74) is 1.22. The van der Waals surface area contributed by atoms with Gasteiger partial charge in [0.1, 0.15) is 0 Å². The van der Waals surface area contributed by atoms with Crippen molar-refractivity contribution in [3.8, 4) is 0 Å². The van der Waals surface area contributed by atoms with Gasteiger partial charge in [0.05, 0.1) is 28.9 Å². The number of aromatic nitrogens is 2. The van der Waals surface area contributed by atoms with Gasteiger partial charge in [0, 0.05) is 18.2 Å². The van der Waals surface area contributed by atoms with Crippen molar-refractivity contribution in [1.82, 2.24) is 9.78 Å². The maximum absolute atomic E-state index is 6.32. The van der Waals surface area contributed by atoms with Crippen molar-refractivity contribution in [3.63, 3.8) is 0 Å². The molecule has 29 heavy (non-hydrogen) atoms. The first-order valence-corrected chi connectivity index (χ1v) is 10.9. The number of benzene rings is 1. The van der Waals surface area contributed by atoms with Crippen molar-refractivity contribution in [2.45, 2.75) is 89.4 Å². The number of nitrogens with zero attached hydrogens (tertiary/aromatic N) is 2. The Bertz CT molecular complexity index is 883. The highest BCUT2D eigenvalue weighted by molar-refractivity contribution is 6.62. The van der Waals surface area contributed by atoms with E-state index in [9.17, 15) is 0 Å². The van der Waals surface area contributed by atoms with Gasteiger partial charge in [-0.05, 0) is 71.3 Å². The Morgan fingerprint density at radius 3 is 2.55 bits per heavy atom. The molecule has 2 aliphatic heterocycles. The van der Waals surface area contributed by atoms with Crippen molar-refractivity contribution in [1.29, 1.82) is 0 Å². The Hall–Kier alpha value is -1.41. The van der Waals surface area contributed by atoms with Crippen molar-refractivity contribution < 1.29 is 18.8 Å². The molecule has 5 rings (SSSR count). The summed E-state index contributed by atoms with van der Waals surface area (Å²) < 4.78 is 26.5. The Balaban J connectivity index is 1.31. The Labute approximate surface area is 173 Å². The van der Waals surface area contributed by atoms with Gasteiger partial charge in [-0.25, -0.2) is 0 Å². The molecule has 7 heteroatoms. The van der Waals surface area contributed by atoms with Crippen molar-refractivity contribution in [3.05, 3.63) is 24.4 Å². The molecular formula is C22H31BN2O4. The molecule has 3 fully saturated rings. The second kappa shape index (κ2) is 6.81. The standard InChI is InChI=1S/C22H31BN2O4/c1-20(2)21(3,4)29-23(28-20)17-8-9-18-16(13-17)14-25(24-18)15-22(10-11-22)27-19-7-5-6-12-26-19/h8-9,13-14,19H,5-7,10-12,15H2,1-4H3. The summed E-state index contributed by atoms with van der Waals surface area (Å²) in [5.74, 6) is 0. The average Bonchev–Trinajstić information content (AvgIpc) is 3.21. The van der Waals surface area contributed by atoms with Crippen LogP contribution in [0.15, 0.2) is 24.4 Å². The van der Waals surface area contributed by atoms with Crippen LogP contribution in [0.4, 0.5) is 0 Å². The van der Waals surface area contributed by atoms with Crippen LogP contribution in [0.2, 0.25) is 0 Å². The lowest BCUT2D eigenvalue weighted by Crippen LogP contribution is -2.41. The van der Waals surface area contributed by atoms with E-state index in [4.69, 9.17) is 23.9 Å². The quantitative estimate of drug-likeness (QED) is 0.723. The maximum Gasteiger partial charge on any atom is 0.494 e. The molecule has 1 unspecified atom stereocenters. The molecule has 1 aromatic heterocycles. The Morgan fingerprint density at radius 1 is 1.14 bits per heavy atom. The minimum atomic E-state index is -0.352. The topological polar surface area (TPSA) is 54.7 Å². The molecule has 0 radical (unpaired) electrons. The highest BCUT2D eigenvalue weighted by Gasteiger charge is 2.52. The molecule has 1 saturated carbocycles. The summed E-state index contributed by atoms with van der Waals surface area (Å²) in [6.07, 6.45) is 7.53. The zero-order valence-electron chi connectivity index (χ0n) is 17.9. The van der Waals surface area contributed by atoms with E-state index >= 15 is 0 Å². The van der Waals surface area contributed by atoms with Gasteiger partial charge < -0.3 is 18.8 Å². The lowest BCUT2D eigenvalue weighted by molar-refractivity contribution is -0.200. The van der Waals surface area contributed by atoms with E-state index in [0.29, 0.717) is 0 Å². The fourth-order valence-corrected chi connectivity index (χ4v) is 4.13. The minimum absolute atomic E-state index is 0.0498. The first-order chi connectivity index (χ1) is 13.8.